The maximum atomic E-state index is 14.8. The van der Waals surface area contributed by atoms with Gasteiger partial charge in [0, 0.05) is 52.9 Å². The SMILES string of the molecule is COC(C[C@@H]1O[C@H](CC(COC(=O)c2ccccc2)OC(=O)c2ccccc2)[C@H](OC)[C@H]1CC(=O)C[C@H]1CC[C@@H]2O[C@@H](C(/C=C/I)O[Si](C)(C)C(C)(C)C)[C@@H](O[Si](C)(C)C(C)(C)C)[C@@H](O[Si](C)(C)C(C)(C)C)[C@H]2O1)OC. The Morgan fingerprint density at radius 1 is 0.658 bits per heavy atom. The van der Waals surface area contributed by atoms with Gasteiger partial charge in [-0.05, 0) is 102 Å². The van der Waals surface area contributed by atoms with Crippen molar-refractivity contribution in [2.75, 3.05) is 27.9 Å². The number of carbonyl (C=O) groups is 3. The molecule has 2 aromatic rings. The summed E-state index contributed by atoms with van der Waals surface area (Å²) in [6.45, 7) is 33.7. The lowest BCUT2D eigenvalue weighted by Crippen LogP contribution is -2.69. The second kappa shape index (κ2) is 27.1. The fourth-order valence-corrected chi connectivity index (χ4v) is 13.8. The van der Waals surface area contributed by atoms with Gasteiger partial charge in [0.15, 0.2) is 31.2 Å². The quantitative estimate of drug-likeness (QED) is 0.0424. The molecule has 2 aromatic carbocycles. The normalized spacial score (nSPS) is 26.8. The van der Waals surface area contributed by atoms with Crippen LogP contribution in [0, 0.1) is 5.92 Å². The molecule has 0 aliphatic carbocycles. The topological polar surface area (TPSA) is 153 Å². The van der Waals surface area contributed by atoms with Crippen LogP contribution < -0.4 is 0 Å². The largest absolute Gasteiger partial charge is 0.458 e. The van der Waals surface area contributed by atoms with E-state index < -0.39 is 110 Å². The summed E-state index contributed by atoms with van der Waals surface area (Å²) in [4.78, 5) is 41.4. The third-order valence-electron chi connectivity index (χ3n) is 17.0. The number of methoxy groups -OCH3 is 3. The van der Waals surface area contributed by atoms with Crippen molar-refractivity contribution >= 4 is 65.3 Å². The molecule has 0 amide bonds. The van der Waals surface area contributed by atoms with E-state index in [1.807, 2.05) is 16.2 Å². The molecule has 18 heteroatoms. The van der Waals surface area contributed by atoms with Gasteiger partial charge in [-0.2, -0.15) is 0 Å². The molecule has 3 aliphatic rings. The van der Waals surface area contributed by atoms with Crippen LogP contribution in [0.5, 0.6) is 0 Å². The Balaban J connectivity index is 1.45. The highest BCUT2D eigenvalue weighted by Gasteiger charge is 2.58. The van der Waals surface area contributed by atoms with E-state index in [0.29, 0.717) is 30.4 Å². The number of fused-ring (bicyclic) bond motifs is 1. The van der Waals surface area contributed by atoms with Crippen LogP contribution in [-0.4, -0.2) is 144 Å². The predicted octanol–water partition coefficient (Wildman–Crippen LogP) is 12.7. The molecular formula is C58H93IO14Si3. The summed E-state index contributed by atoms with van der Waals surface area (Å²) in [7, 11) is -2.61. The van der Waals surface area contributed by atoms with Crippen molar-refractivity contribution < 1.29 is 65.6 Å². The molecule has 2 unspecified atom stereocenters. The van der Waals surface area contributed by atoms with Crippen molar-refractivity contribution in [2.45, 2.75) is 229 Å². The van der Waals surface area contributed by atoms with Crippen LogP contribution in [0.1, 0.15) is 122 Å². The first-order valence-electron chi connectivity index (χ1n) is 27.2. The monoisotopic (exact) mass is 1220 g/mol. The van der Waals surface area contributed by atoms with Gasteiger partial charge < -0.3 is 51.2 Å². The van der Waals surface area contributed by atoms with Crippen LogP contribution in [0.4, 0.5) is 0 Å². The van der Waals surface area contributed by atoms with Gasteiger partial charge in [0.05, 0.1) is 47.8 Å². The Kier molecular flexibility index (Phi) is 23.0. The average molecular weight is 1230 g/mol. The second-order valence-electron chi connectivity index (χ2n) is 25.5. The molecule has 3 saturated heterocycles. The molecular weight excluding hydrogens is 1130 g/mol. The highest BCUT2D eigenvalue weighted by atomic mass is 127. The van der Waals surface area contributed by atoms with E-state index in [1.54, 1.807) is 69.9 Å². The Labute approximate surface area is 472 Å². The van der Waals surface area contributed by atoms with Crippen molar-refractivity contribution in [3.63, 3.8) is 0 Å². The number of hydrogen-bond donors (Lipinski definition) is 0. The molecule has 0 N–H and O–H groups in total. The maximum absolute atomic E-state index is 14.8. The zero-order chi connectivity index (χ0) is 56.6. The summed E-state index contributed by atoms with van der Waals surface area (Å²) >= 11 is 2.28. The summed E-state index contributed by atoms with van der Waals surface area (Å²) in [5, 5.41) is -0.300. The lowest BCUT2D eigenvalue weighted by atomic mass is 9.85. The minimum Gasteiger partial charge on any atom is -0.458 e. The first-order chi connectivity index (χ1) is 35.4. The van der Waals surface area contributed by atoms with Gasteiger partial charge in [0.2, 0.25) is 0 Å². The van der Waals surface area contributed by atoms with Gasteiger partial charge in [0.25, 0.3) is 0 Å². The summed E-state index contributed by atoms with van der Waals surface area (Å²) in [5.41, 5.74) is 0.717. The van der Waals surface area contributed by atoms with Crippen molar-refractivity contribution in [1.82, 2.24) is 0 Å². The van der Waals surface area contributed by atoms with E-state index >= 15 is 0 Å². The van der Waals surface area contributed by atoms with E-state index in [-0.39, 0.29) is 52.9 Å². The van der Waals surface area contributed by atoms with Crippen LogP contribution in [0.15, 0.2) is 70.8 Å². The van der Waals surface area contributed by atoms with Crippen molar-refractivity contribution in [3.8, 4) is 0 Å². The average Bonchev–Trinajstić information content (AvgIpc) is 3.65. The number of ketones is 1. The molecule has 0 spiro atoms. The van der Waals surface area contributed by atoms with Gasteiger partial charge >= 0.3 is 11.9 Å². The van der Waals surface area contributed by atoms with Crippen LogP contribution in [0.25, 0.3) is 0 Å². The smallest absolute Gasteiger partial charge is 0.338 e. The number of Topliss-reactive ketones (excluding diaryl/α,β-unsaturated/α-hetero) is 1. The molecule has 3 heterocycles. The van der Waals surface area contributed by atoms with E-state index in [1.165, 1.54) is 0 Å². The molecule has 428 valence electrons. The highest BCUT2D eigenvalue weighted by Crippen LogP contribution is 2.48. The van der Waals surface area contributed by atoms with Crippen LogP contribution >= 0.6 is 22.6 Å². The lowest BCUT2D eigenvalue weighted by molar-refractivity contribution is -0.266. The Morgan fingerprint density at radius 3 is 1.71 bits per heavy atom. The highest BCUT2D eigenvalue weighted by molar-refractivity contribution is 14.1. The standard InChI is InChI=1S/C58H93IO14Si3/c1-56(2,3)74(13,14)71-45(31-32-59)51-53(73-76(17,18)58(7,8)9)52(72-75(15,16)57(4,5)6)50-44(70-51)30-29-41(67-50)33-40(60)34-43-46(36-48(63-10)64-11)69-47(49(43)65-12)35-42(68-55(62)39-27-23-20-24-28-39)37-66-54(61)38-25-21-19-22-26-38/h19-28,31-32,41-53H,29-30,33-37H2,1-18H3/b32-31+/t41-,42?,43+,44+,45?,46+,47-,49-,50+,51+,52+,53-/m1/s1. The van der Waals surface area contributed by atoms with Crippen LogP contribution in [0.2, 0.25) is 54.4 Å². The van der Waals surface area contributed by atoms with Gasteiger partial charge in [-0.25, -0.2) is 9.59 Å². The summed E-state index contributed by atoms with van der Waals surface area (Å²) in [6, 6.07) is 17.3. The van der Waals surface area contributed by atoms with Crippen LogP contribution in [0.3, 0.4) is 0 Å². The molecule has 3 aliphatic heterocycles. The molecule has 3 fully saturated rings. The molecule has 0 aromatic heterocycles. The number of esters is 2. The lowest BCUT2D eigenvalue weighted by Gasteiger charge is -2.56. The first kappa shape index (κ1) is 64.6. The molecule has 0 bridgehead atoms. The fraction of sp³-hybridized carbons (Fsp3) is 0.707. The molecule has 5 rings (SSSR count). The number of rotatable bonds is 24. The van der Waals surface area contributed by atoms with Crippen molar-refractivity contribution in [2.24, 2.45) is 5.92 Å². The molecule has 0 radical (unpaired) electrons. The minimum atomic E-state index is -2.50. The van der Waals surface area contributed by atoms with Gasteiger partial charge in [0.1, 0.15) is 42.9 Å². The number of halogens is 1. The van der Waals surface area contributed by atoms with Crippen molar-refractivity contribution in [1.29, 1.82) is 0 Å². The molecule has 12 atom stereocenters. The number of hydrogen-bond acceptors (Lipinski definition) is 14. The Hall–Kier alpha value is -2.19. The summed E-state index contributed by atoms with van der Waals surface area (Å²) in [5.74, 6) is -1.58. The molecule has 0 saturated carbocycles. The van der Waals surface area contributed by atoms with Crippen molar-refractivity contribution in [3.05, 3.63) is 81.9 Å². The third kappa shape index (κ3) is 16.7. The minimum absolute atomic E-state index is 0.0134. The van der Waals surface area contributed by atoms with E-state index in [4.69, 9.17) is 51.2 Å². The maximum Gasteiger partial charge on any atom is 0.338 e. The van der Waals surface area contributed by atoms with E-state index in [0.717, 1.165) is 0 Å². The van der Waals surface area contributed by atoms with Crippen LogP contribution in [-0.2, 0) is 56.0 Å². The fourth-order valence-electron chi connectivity index (χ4n) is 9.49. The zero-order valence-electron chi connectivity index (χ0n) is 49.0. The van der Waals surface area contributed by atoms with Gasteiger partial charge in [-0.1, -0.05) is 121 Å². The summed E-state index contributed by atoms with van der Waals surface area (Å²) in [6.07, 6.45) is -2.51. The van der Waals surface area contributed by atoms with E-state index in [9.17, 15) is 14.4 Å². The Bertz CT molecular complexity index is 2190. The number of benzene rings is 2. The molecule has 14 nitrogen and oxygen atoms in total. The second-order valence-corrected chi connectivity index (χ2v) is 40.5. The summed E-state index contributed by atoms with van der Waals surface area (Å²) < 4.78 is 75.2. The van der Waals surface area contributed by atoms with Gasteiger partial charge in [-0.15, -0.1) is 0 Å². The molecule has 76 heavy (non-hydrogen) atoms. The number of carbonyl (C=O) groups excluding carboxylic acids is 3. The van der Waals surface area contributed by atoms with Gasteiger partial charge in [-0.3, -0.25) is 4.79 Å². The first-order valence-corrected chi connectivity index (χ1v) is 37.2. The predicted molar refractivity (Wildman–Crippen MR) is 313 cm³/mol. The number of ether oxygens (including phenoxy) is 8. The van der Waals surface area contributed by atoms with E-state index in [2.05, 4.69) is 130 Å². The third-order valence-corrected chi connectivity index (χ3v) is 30.9. The Morgan fingerprint density at radius 2 is 1.20 bits per heavy atom. The zero-order valence-corrected chi connectivity index (χ0v) is 54.1.